The number of aliphatic hydroxyl groups is 1. The number of nitrogens with zero attached hydrogens (tertiary/aromatic N) is 3. The Morgan fingerprint density at radius 2 is 1.88 bits per heavy atom. The minimum Gasteiger partial charge on any atom is -0.393 e. The first-order valence-electron chi connectivity index (χ1n) is 9.26. The van der Waals surface area contributed by atoms with Crippen LogP contribution in [0.5, 0.6) is 0 Å². The summed E-state index contributed by atoms with van der Waals surface area (Å²) in [6.07, 6.45) is 2.93. The largest absolute Gasteiger partial charge is 0.393 e. The first-order chi connectivity index (χ1) is 12.1. The van der Waals surface area contributed by atoms with Gasteiger partial charge in [0.2, 0.25) is 5.91 Å². The highest BCUT2D eigenvalue weighted by molar-refractivity contribution is 5.79. The van der Waals surface area contributed by atoms with E-state index in [2.05, 4.69) is 17.9 Å². The van der Waals surface area contributed by atoms with Gasteiger partial charge in [0.15, 0.2) is 0 Å². The van der Waals surface area contributed by atoms with E-state index in [-0.39, 0.29) is 24.0 Å². The van der Waals surface area contributed by atoms with Gasteiger partial charge in [0.05, 0.1) is 17.7 Å². The van der Waals surface area contributed by atoms with Gasteiger partial charge in [-0.15, -0.1) is 0 Å². The van der Waals surface area contributed by atoms with Crippen molar-refractivity contribution in [1.29, 1.82) is 5.26 Å². The Bertz CT molecular complexity index is 629. The third kappa shape index (κ3) is 4.39. The number of hydrogen-bond donors (Lipinski definition) is 1. The van der Waals surface area contributed by atoms with E-state index in [1.54, 1.807) is 0 Å². The summed E-state index contributed by atoms with van der Waals surface area (Å²) >= 11 is 0. The normalized spacial score (nSPS) is 27.7. The second kappa shape index (κ2) is 7.99. The average Bonchev–Trinajstić information content (AvgIpc) is 2.62. The van der Waals surface area contributed by atoms with Crippen molar-refractivity contribution in [3.8, 4) is 6.07 Å². The van der Waals surface area contributed by atoms with Gasteiger partial charge in [-0.2, -0.15) is 5.26 Å². The summed E-state index contributed by atoms with van der Waals surface area (Å²) in [5.41, 5.74) is 1.89. The van der Waals surface area contributed by atoms with E-state index in [1.807, 2.05) is 29.2 Å². The summed E-state index contributed by atoms with van der Waals surface area (Å²) in [6, 6.07) is 10.1. The highest BCUT2D eigenvalue weighted by Crippen LogP contribution is 2.27. The van der Waals surface area contributed by atoms with Crippen LogP contribution in [0, 0.1) is 17.2 Å². The van der Waals surface area contributed by atoms with Crippen LogP contribution in [0.25, 0.3) is 0 Å². The smallest absolute Gasteiger partial charge is 0.226 e. The highest BCUT2D eigenvalue weighted by Gasteiger charge is 2.33. The van der Waals surface area contributed by atoms with Crippen LogP contribution in [0.2, 0.25) is 0 Å². The number of carbonyl (C=O) groups excluding carboxylic acids is 1. The van der Waals surface area contributed by atoms with Crippen LogP contribution in [0.3, 0.4) is 0 Å². The van der Waals surface area contributed by atoms with Gasteiger partial charge in [-0.3, -0.25) is 9.69 Å². The summed E-state index contributed by atoms with van der Waals surface area (Å²) in [7, 11) is 0. The van der Waals surface area contributed by atoms with Gasteiger partial charge in [-0.1, -0.05) is 12.1 Å². The van der Waals surface area contributed by atoms with Crippen LogP contribution in [-0.4, -0.2) is 52.6 Å². The minimum atomic E-state index is -0.217. The molecule has 0 spiro atoms. The van der Waals surface area contributed by atoms with Crippen molar-refractivity contribution in [3.05, 3.63) is 35.4 Å². The number of benzene rings is 1. The molecule has 1 saturated heterocycles. The Hall–Kier alpha value is -1.90. The van der Waals surface area contributed by atoms with Crippen molar-refractivity contribution in [2.24, 2.45) is 5.92 Å². The SMILES string of the molecule is CC1CN(Cc2ccc(C#N)cc2)CCN1C(=O)C1CCC(O)CC1. The molecule has 1 unspecified atom stereocenters. The fourth-order valence-electron chi connectivity index (χ4n) is 4.00. The van der Waals surface area contributed by atoms with Gasteiger partial charge in [0.25, 0.3) is 0 Å². The topological polar surface area (TPSA) is 67.6 Å². The van der Waals surface area contributed by atoms with Gasteiger partial charge < -0.3 is 10.0 Å². The van der Waals surface area contributed by atoms with Crippen LogP contribution in [-0.2, 0) is 11.3 Å². The second-order valence-electron chi connectivity index (χ2n) is 7.43. The fraction of sp³-hybridized carbons (Fsp3) is 0.600. The lowest BCUT2D eigenvalue weighted by Gasteiger charge is -2.42. The number of rotatable bonds is 3. The molecule has 0 bridgehead atoms. The summed E-state index contributed by atoms with van der Waals surface area (Å²) in [6.45, 7) is 5.51. The predicted octanol–water partition coefficient (Wildman–Crippen LogP) is 2.14. The van der Waals surface area contributed by atoms with Gasteiger partial charge in [0.1, 0.15) is 0 Å². The van der Waals surface area contributed by atoms with Crippen LogP contribution < -0.4 is 0 Å². The maximum absolute atomic E-state index is 12.8. The lowest BCUT2D eigenvalue weighted by Crippen LogP contribution is -2.55. The zero-order valence-electron chi connectivity index (χ0n) is 14.9. The fourth-order valence-corrected chi connectivity index (χ4v) is 4.00. The molecule has 1 N–H and O–H groups in total. The maximum atomic E-state index is 12.8. The zero-order chi connectivity index (χ0) is 17.8. The van der Waals surface area contributed by atoms with Crippen molar-refractivity contribution in [3.63, 3.8) is 0 Å². The Labute approximate surface area is 149 Å². The number of amides is 1. The first kappa shape index (κ1) is 17.9. The highest BCUT2D eigenvalue weighted by atomic mass is 16.3. The van der Waals surface area contributed by atoms with Gasteiger partial charge in [-0.25, -0.2) is 0 Å². The van der Waals surface area contributed by atoms with Crippen molar-refractivity contribution >= 4 is 5.91 Å². The van der Waals surface area contributed by atoms with Gasteiger partial charge in [-0.05, 0) is 50.3 Å². The Morgan fingerprint density at radius 3 is 2.48 bits per heavy atom. The Morgan fingerprint density at radius 1 is 1.20 bits per heavy atom. The molecule has 5 heteroatoms. The third-order valence-corrected chi connectivity index (χ3v) is 5.53. The Kier molecular flexibility index (Phi) is 5.72. The number of piperazine rings is 1. The van der Waals surface area contributed by atoms with E-state index in [1.165, 1.54) is 5.56 Å². The average molecular weight is 341 g/mol. The predicted molar refractivity (Wildman–Crippen MR) is 95.6 cm³/mol. The van der Waals surface area contributed by atoms with E-state index in [9.17, 15) is 9.90 Å². The molecule has 2 aliphatic rings. The third-order valence-electron chi connectivity index (χ3n) is 5.53. The van der Waals surface area contributed by atoms with E-state index in [4.69, 9.17) is 5.26 Å². The molecule has 1 atom stereocenters. The van der Waals surface area contributed by atoms with E-state index in [0.29, 0.717) is 5.56 Å². The number of hydrogen-bond acceptors (Lipinski definition) is 4. The molecular weight excluding hydrogens is 314 g/mol. The molecule has 1 aliphatic heterocycles. The molecule has 2 fully saturated rings. The molecule has 1 aromatic rings. The summed E-state index contributed by atoms with van der Waals surface area (Å²) in [5.74, 6) is 0.369. The molecule has 134 valence electrons. The van der Waals surface area contributed by atoms with E-state index < -0.39 is 0 Å². The number of aliphatic hydroxyl groups excluding tert-OH is 1. The monoisotopic (exact) mass is 341 g/mol. The second-order valence-corrected chi connectivity index (χ2v) is 7.43. The molecule has 1 saturated carbocycles. The zero-order valence-corrected chi connectivity index (χ0v) is 14.9. The van der Waals surface area contributed by atoms with Crippen molar-refractivity contribution in [2.75, 3.05) is 19.6 Å². The van der Waals surface area contributed by atoms with Crippen LogP contribution in [0.15, 0.2) is 24.3 Å². The Balaban J connectivity index is 1.53. The molecule has 1 aliphatic carbocycles. The summed E-state index contributed by atoms with van der Waals surface area (Å²) < 4.78 is 0. The molecule has 3 rings (SSSR count). The minimum absolute atomic E-state index is 0.0935. The standard InChI is InChI=1S/C20H27N3O2/c1-15-13-22(14-17-4-2-16(12-21)3-5-17)10-11-23(15)20(25)18-6-8-19(24)9-7-18/h2-5,15,18-19,24H,6-11,13-14H2,1H3. The molecule has 1 aromatic carbocycles. The van der Waals surface area contributed by atoms with Crippen LogP contribution in [0.1, 0.15) is 43.7 Å². The molecule has 0 radical (unpaired) electrons. The molecule has 0 aromatic heterocycles. The summed E-state index contributed by atoms with van der Waals surface area (Å²) in [4.78, 5) is 17.2. The van der Waals surface area contributed by atoms with Crippen molar-refractivity contribution < 1.29 is 9.90 Å². The van der Waals surface area contributed by atoms with Crippen molar-refractivity contribution in [2.45, 2.75) is 51.3 Å². The molecule has 1 heterocycles. The lowest BCUT2D eigenvalue weighted by atomic mass is 9.86. The van der Waals surface area contributed by atoms with Gasteiger partial charge >= 0.3 is 0 Å². The van der Waals surface area contributed by atoms with E-state index >= 15 is 0 Å². The molecule has 5 nitrogen and oxygen atoms in total. The molecule has 1 amide bonds. The quantitative estimate of drug-likeness (QED) is 0.915. The van der Waals surface area contributed by atoms with Crippen LogP contribution >= 0.6 is 0 Å². The first-order valence-corrected chi connectivity index (χ1v) is 9.26. The summed E-state index contributed by atoms with van der Waals surface area (Å²) in [5, 5.41) is 18.5. The maximum Gasteiger partial charge on any atom is 0.226 e. The molecule has 25 heavy (non-hydrogen) atoms. The number of nitriles is 1. The number of carbonyl (C=O) groups is 1. The molecular formula is C20H27N3O2. The van der Waals surface area contributed by atoms with E-state index in [0.717, 1.165) is 51.9 Å². The van der Waals surface area contributed by atoms with Crippen molar-refractivity contribution in [1.82, 2.24) is 9.80 Å². The van der Waals surface area contributed by atoms with Crippen LogP contribution in [0.4, 0.5) is 0 Å². The van der Waals surface area contributed by atoms with Gasteiger partial charge in [0, 0.05) is 38.1 Å². The lowest BCUT2D eigenvalue weighted by molar-refractivity contribution is -0.141.